The molecule has 1 fully saturated rings. The van der Waals surface area contributed by atoms with Crippen molar-refractivity contribution in [3.8, 4) is 0 Å². The lowest BCUT2D eigenvalue weighted by Gasteiger charge is -2.23. The molecular formula is C17H25NO3. The topological polar surface area (TPSA) is 41.9 Å². The SMILES string of the molecule is CC1CN(CC(O)COCC2CCCO2)c2ccccc21. The van der Waals surface area contributed by atoms with Crippen molar-refractivity contribution in [2.75, 3.05) is 37.8 Å². The Morgan fingerprint density at radius 2 is 2.29 bits per heavy atom. The molecule has 2 heterocycles. The first-order valence-corrected chi connectivity index (χ1v) is 7.95. The lowest BCUT2D eigenvalue weighted by Crippen LogP contribution is -2.34. The van der Waals surface area contributed by atoms with E-state index in [1.807, 2.05) is 0 Å². The molecule has 3 atom stereocenters. The van der Waals surface area contributed by atoms with Crippen LogP contribution in [0.2, 0.25) is 0 Å². The molecule has 1 aromatic carbocycles. The Balaban J connectivity index is 1.46. The fourth-order valence-electron chi connectivity index (χ4n) is 3.31. The van der Waals surface area contributed by atoms with Crippen LogP contribution in [-0.4, -0.2) is 50.2 Å². The minimum absolute atomic E-state index is 0.227. The maximum absolute atomic E-state index is 10.2. The third-order valence-electron chi connectivity index (χ3n) is 4.37. The fourth-order valence-corrected chi connectivity index (χ4v) is 3.31. The molecule has 1 saturated heterocycles. The zero-order valence-electron chi connectivity index (χ0n) is 12.7. The zero-order valence-corrected chi connectivity index (χ0v) is 12.7. The summed E-state index contributed by atoms with van der Waals surface area (Å²) < 4.78 is 11.1. The number of aliphatic hydroxyl groups is 1. The van der Waals surface area contributed by atoms with E-state index in [1.165, 1.54) is 11.3 Å². The van der Waals surface area contributed by atoms with Gasteiger partial charge in [-0.1, -0.05) is 25.1 Å². The lowest BCUT2D eigenvalue weighted by molar-refractivity contribution is -0.0149. The van der Waals surface area contributed by atoms with E-state index < -0.39 is 6.10 Å². The van der Waals surface area contributed by atoms with E-state index in [4.69, 9.17) is 9.47 Å². The van der Waals surface area contributed by atoms with Crippen LogP contribution in [0, 0.1) is 0 Å². The van der Waals surface area contributed by atoms with Crippen molar-refractivity contribution in [3.63, 3.8) is 0 Å². The Bertz CT molecular complexity index is 459. The van der Waals surface area contributed by atoms with E-state index in [2.05, 4.69) is 36.1 Å². The molecule has 4 heteroatoms. The van der Waals surface area contributed by atoms with Crippen LogP contribution >= 0.6 is 0 Å². The Hall–Kier alpha value is -1.10. The molecule has 2 aliphatic rings. The molecule has 0 bridgehead atoms. The Kier molecular flexibility index (Phi) is 4.78. The van der Waals surface area contributed by atoms with Crippen LogP contribution in [0.15, 0.2) is 24.3 Å². The van der Waals surface area contributed by atoms with Gasteiger partial charge >= 0.3 is 0 Å². The summed E-state index contributed by atoms with van der Waals surface area (Å²) in [5, 5.41) is 10.2. The zero-order chi connectivity index (χ0) is 14.7. The summed E-state index contributed by atoms with van der Waals surface area (Å²) in [6.45, 7) is 5.67. The molecule has 3 rings (SSSR count). The van der Waals surface area contributed by atoms with Gasteiger partial charge in [0.05, 0.1) is 25.4 Å². The highest BCUT2D eigenvalue weighted by Crippen LogP contribution is 2.35. The largest absolute Gasteiger partial charge is 0.389 e. The molecule has 0 saturated carbocycles. The molecule has 0 aliphatic carbocycles. The predicted molar refractivity (Wildman–Crippen MR) is 82.9 cm³/mol. The maximum Gasteiger partial charge on any atom is 0.0948 e. The van der Waals surface area contributed by atoms with E-state index in [9.17, 15) is 5.11 Å². The first-order valence-electron chi connectivity index (χ1n) is 7.95. The molecule has 0 spiro atoms. The number of fused-ring (bicyclic) bond motifs is 1. The van der Waals surface area contributed by atoms with Crippen LogP contribution in [0.4, 0.5) is 5.69 Å². The van der Waals surface area contributed by atoms with E-state index in [-0.39, 0.29) is 6.10 Å². The van der Waals surface area contributed by atoms with E-state index in [1.54, 1.807) is 0 Å². The average Bonchev–Trinajstić information content (AvgIpc) is 3.09. The van der Waals surface area contributed by atoms with Gasteiger partial charge in [-0.15, -0.1) is 0 Å². The van der Waals surface area contributed by atoms with Crippen molar-refractivity contribution in [2.24, 2.45) is 0 Å². The number of anilines is 1. The smallest absolute Gasteiger partial charge is 0.0948 e. The highest BCUT2D eigenvalue weighted by atomic mass is 16.5. The third-order valence-corrected chi connectivity index (χ3v) is 4.37. The van der Waals surface area contributed by atoms with Gasteiger partial charge in [0.1, 0.15) is 0 Å². The summed E-state index contributed by atoms with van der Waals surface area (Å²) in [6, 6.07) is 8.46. The van der Waals surface area contributed by atoms with Gasteiger partial charge < -0.3 is 19.5 Å². The van der Waals surface area contributed by atoms with Crippen molar-refractivity contribution in [1.29, 1.82) is 0 Å². The van der Waals surface area contributed by atoms with Crippen molar-refractivity contribution >= 4 is 5.69 Å². The molecule has 0 aromatic heterocycles. The molecule has 0 radical (unpaired) electrons. The average molecular weight is 291 g/mol. The molecule has 1 aromatic rings. The molecule has 3 unspecified atom stereocenters. The lowest BCUT2D eigenvalue weighted by atomic mass is 10.0. The molecular weight excluding hydrogens is 266 g/mol. The van der Waals surface area contributed by atoms with Gasteiger partial charge in [-0.3, -0.25) is 0 Å². The Morgan fingerprint density at radius 3 is 3.10 bits per heavy atom. The van der Waals surface area contributed by atoms with Gasteiger partial charge in [0.2, 0.25) is 0 Å². The van der Waals surface area contributed by atoms with Crippen molar-refractivity contribution in [2.45, 2.75) is 37.9 Å². The molecule has 116 valence electrons. The molecule has 4 nitrogen and oxygen atoms in total. The number of hydrogen-bond donors (Lipinski definition) is 1. The van der Waals surface area contributed by atoms with E-state index in [0.29, 0.717) is 25.7 Å². The van der Waals surface area contributed by atoms with E-state index >= 15 is 0 Å². The second kappa shape index (κ2) is 6.77. The van der Waals surface area contributed by atoms with Gasteiger partial charge in [-0.25, -0.2) is 0 Å². The standard InChI is InChI=1S/C17H25NO3/c1-13-9-18(17-7-3-2-6-16(13)17)10-14(19)11-20-12-15-5-4-8-21-15/h2-3,6-7,13-15,19H,4-5,8-12H2,1H3. The number of β-amino-alcohol motifs (C(OH)–C–C–N with tert-alkyl or cyclic N) is 1. The number of ether oxygens (including phenoxy) is 2. The summed E-state index contributed by atoms with van der Waals surface area (Å²) in [5.41, 5.74) is 2.63. The number of rotatable bonds is 6. The van der Waals surface area contributed by atoms with Crippen molar-refractivity contribution in [3.05, 3.63) is 29.8 Å². The minimum Gasteiger partial charge on any atom is -0.389 e. The van der Waals surface area contributed by atoms with Gasteiger partial charge in [0.15, 0.2) is 0 Å². The van der Waals surface area contributed by atoms with E-state index in [0.717, 1.165) is 26.0 Å². The summed E-state index contributed by atoms with van der Waals surface area (Å²) >= 11 is 0. The summed E-state index contributed by atoms with van der Waals surface area (Å²) in [4.78, 5) is 2.26. The first kappa shape index (κ1) is 14.8. The Morgan fingerprint density at radius 1 is 1.43 bits per heavy atom. The quantitative estimate of drug-likeness (QED) is 0.872. The van der Waals surface area contributed by atoms with Crippen molar-refractivity contribution < 1.29 is 14.6 Å². The number of aliphatic hydroxyl groups excluding tert-OH is 1. The summed E-state index contributed by atoms with van der Waals surface area (Å²) in [6.07, 6.45) is 1.97. The van der Waals surface area contributed by atoms with Crippen LogP contribution in [0.1, 0.15) is 31.2 Å². The van der Waals surface area contributed by atoms with Gasteiger partial charge in [-0.05, 0) is 24.5 Å². The number of nitrogens with zero attached hydrogens (tertiary/aromatic N) is 1. The second-order valence-electron chi connectivity index (χ2n) is 6.19. The second-order valence-corrected chi connectivity index (χ2v) is 6.19. The van der Waals surface area contributed by atoms with Crippen molar-refractivity contribution in [1.82, 2.24) is 0 Å². The minimum atomic E-state index is -0.454. The summed E-state index contributed by atoms with van der Waals surface area (Å²) in [5.74, 6) is 0.529. The van der Waals surface area contributed by atoms with Crippen LogP contribution in [0.3, 0.4) is 0 Å². The number of benzene rings is 1. The predicted octanol–water partition coefficient (Wildman–Crippen LogP) is 2.17. The molecule has 0 amide bonds. The normalized spacial score (nSPS) is 26.1. The Labute approximate surface area is 126 Å². The molecule has 1 N–H and O–H groups in total. The first-order chi connectivity index (χ1) is 10.2. The van der Waals surface area contributed by atoms with Crippen LogP contribution < -0.4 is 4.90 Å². The van der Waals surface area contributed by atoms with Crippen LogP contribution in [0.5, 0.6) is 0 Å². The third kappa shape index (κ3) is 3.57. The molecule has 2 aliphatic heterocycles. The monoisotopic (exact) mass is 291 g/mol. The maximum atomic E-state index is 10.2. The van der Waals surface area contributed by atoms with Gasteiger partial charge in [-0.2, -0.15) is 0 Å². The van der Waals surface area contributed by atoms with Gasteiger partial charge in [0.25, 0.3) is 0 Å². The highest BCUT2D eigenvalue weighted by Gasteiger charge is 2.26. The van der Waals surface area contributed by atoms with Crippen LogP contribution in [0.25, 0.3) is 0 Å². The fraction of sp³-hybridized carbons (Fsp3) is 0.647. The van der Waals surface area contributed by atoms with Gasteiger partial charge in [0, 0.05) is 31.3 Å². The summed E-state index contributed by atoms with van der Waals surface area (Å²) in [7, 11) is 0. The highest BCUT2D eigenvalue weighted by molar-refractivity contribution is 5.59. The number of hydrogen-bond acceptors (Lipinski definition) is 4. The van der Waals surface area contributed by atoms with Crippen LogP contribution in [-0.2, 0) is 9.47 Å². The number of para-hydroxylation sites is 1. The molecule has 21 heavy (non-hydrogen) atoms.